The van der Waals surface area contributed by atoms with Crippen molar-refractivity contribution < 1.29 is 14.0 Å². The van der Waals surface area contributed by atoms with Gasteiger partial charge >= 0.3 is 11.8 Å². The molecule has 1 N–H and O–H groups in total. The Morgan fingerprint density at radius 1 is 1.29 bits per heavy atom. The van der Waals surface area contributed by atoms with Gasteiger partial charge in [0.2, 0.25) is 0 Å². The number of rotatable bonds is 1. The number of carbonyl (C=O) groups excluding carboxylic acids is 2. The van der Waals surface area contributed by atoms with E-state index in [0.29, 0.717) is 12.2 Å². The SMILES string of the molecule is CC1(C)CC2CC(C)(CN2C(=O)C(=O)Nc2ccc(F)c(Cl)c2)C1. The van der Waals surface area contributed by atoms with Crippen LogP contribution in [0, 0.1) is 16.6 Å². The van der Waals surface area contributed by atoms with Crippen molar-refractivity contribution in [1.82, 2.24) is 4.90 Å². The van der Waals surface area contributed by atoms with Crippen molar-refractivity contribution in [2.75, 3.05) is 11.9 Å². The minimum atomic E-state index is -0.702. The van der Waals surface area contributed by atoms with Crippen LogP contribution in [0.25, 0.3) is 0 Å². The van der Waals surface area contributed by atoms with Gasteiger partial charge in [-0.1, -0.05) is 32.4 Å². The summed E-state index contributed by atoms with van der Waals surface area (Å²) in [5.41, 5.74) is 0.559. The van der Waals surface area contributed by atoms with E-state index in [-0.39, 0.29) is 21.9 Å². The summed E-state index contributed by atoms with van der Waals surface area (Å²) in [6.45, 7) is 7.22. The molecular formula is C18H22ClFN2O2. The van der Waals surface area contributed by atoms with Gasteiger partial charge in [-0.05, 0) is 48.3 Å². The summed E-state index contributed by atoms with van der Waals surface area (Å²) in [6, 6.07) is 3.96. The second-order valence-electron chi connectivity index (χ2n) is 8.23. The van der Waals surface area contributed by atoms with Crippen LogP contribution in [0.2, 0.25) is 5.02 Å². The molecule has 4 nitrogen and oxygen atoms in total. The zero-order chi connectivity index (χ0) is 17.7. The number of hydrogen-bond donors (Lipinski definition) is 1. The Kier molecular flexibility index (Phi) is 4.11. The maximum absolute atomic E-state index is 13.2. The molecule has 1 saturated carbocycles. The lowest BCUT2D eigenvalue weighted by molar-refractivity contribution is -0.144. The van der Waals surface area contributed by atoms with Crippen LogP contribution < -0.4 is 5.32 Å². The van der Waals surface area contributed by atoms with E-state index in [0.717, 1.165) is 25.3 Å². The lowest BCUT2D eigenvalue weighted by Gasteiger charge is -2.39. The molecule has 24 heavy (non-hydrogen) atoms. The fourth-order valence-electron chi connectivity index (χ4n) is 4.59. The lowest BCUT2D eigenvalue weighted by atomic mass is 9.65. The summed E-state index contributed by atoms with van der Waals surface area (Å²) in [4.78, 5) is 26.6. The number of hydrogen-bond acceptors (Lipinski definition) is 2. The molecular weight excluding hydrogens is 331 g/mol. The number of anilines is 1. The van der Waals surface area contributed by atoms with Crippen molar-refractivity contribution in [3.63, 3.8) is 0 Å². The molecule has 6 heteroatoms. The Balaban J connectivity index is 1.72. The van der Waals surface area contributed by atoms with E-state index >= 15 is 0 Å². The molecule has 1 aromatic rings. The van der Waals surface area contributed by atoms with Crippen molar-refractivity contribution in [3.05, 3.63) is 29.0 Å². The molecule has 1 saturated heterocycles. The number of nitrogens with one attached hydrogen (secondary N) is 1. The molecule has 130 valence electrons. The van der Waals surface area contributed by atoms with E-state index in [1.165, 1.54) is 12.1 Å². The van der Waals surface area contributed by atoms with Crippen molar-refractivity contribution in [2.24, 2.45) is 10.8 Å². The normalized spacial score (nSPS) is 27.9. The van der Waals surface area contributed by atoms with Crippen LogP contribution in [0.5, 0.6) is 0 Å². The van der Waals surface area contributed by atoms with Crippen molar-refractivity contribution in [2.45, 2.75) is 46.1 Å². The monoisotopic (exact) mass is 352 g/mol. The van der Waals surface area contributed by atoms with Gasteiger partial charge < -0.3 is 10.2 Å². The summed E-state index contributed by atoms with van der Waals surface area (Å²) < 4.78 is 13.2. The van der Waals surface area contributed by atoms with Gasteiger partial charge in [-0.25, -0.2) is 4.39 Å². The Labute approximate surface area is 146 Å². The highest BCUT2D eigenvalue weighted by Crippen LogP contribution is 2.52. The first-order valence-corrected chi connectivity index (χ1v) is 8.53. The third-order valence-corrected chi connectivity index (χ3v) is 5.34. The Hall–Kier alpha value is -1.62. The van der Waals surface area contributed by atoms with Gasteiger partial charge in [0.1, 0.15) is 5.82 Å². The van der Waals surface area contributed by atoms with Crippen LogP contribution in [-0.4, -0.2) is 29.3 Å². The van der Waals surface area contributed by atoms with Gasteiger partial charge in [-0.2, -0.15) is 0 Å². The molecule has 2 aliphatic rings. The fourth-order valence-corrected chi connectivity index (χ4v) is 4.77. The van der Waals surface area contributed by atoms with Gasteiger partial charge in [-0.3, -0.25) is 9.59 Å². The topological polar surface area (TPSA) is 49.4 Å². The van der Waals surface area contributed by atoms with Crippen LogP contribution in [-0.2, 0) is 9.59 Å². The van der Waals surface area contributed by atoms with E-state index in [2.05, 4.69) is 26.1 Å². The first-order valence-electron chi connectivity index (χ1n) is 8.16. The standard InChI is InChI=1S/C18H22ClFN2O2/c1-17(2)7-12-8-18(3,9-17)10-22(12)16(24)15(23)21-11-4-5-14(20)13(19)6-11/h4-6,12H,7-10H2,1-3H3,(H,21,23). The maximum atomic E-state index is 13.2. The van der Waals surface area contributed by atoms with E-state index in [9.17, 15) is 14.0 Å². The molecule has 2 atom stereocenters. The minimum Gasteiger partial charge on any atom is -0.331 e. The predicted molar refractivity (Wildman–Crippen MR) is 91.3 cm³/mol. The first-order chi connectivity index (χ1) is 11.1. The smallest absolute Gasteiger partial charge is 0.313 e. The van der Waals surface area contributed by atoms with Crippen molar-refractivity contribution in [3.8, 4) is 0 Å². The Bertz CT molecular complexity index is 706. The molecule has 2 fully saturated rings. The van der Waals surface area contributed by atoms with Gasteiger partial charge in [-0.15, -0.1) is 0 Å². The molecule has 1 heterocycles. The zero-order valence-electron chi connectivity index (χ0n) is 14.2. The van der Waals surface area contributed by atoms with E-state index in [1.54, 1.807) is 4.90 Å². The van der Waals surface area contributed by atoms with E-state index in [4.69, 9.17) is 11.6 Å². The Morgan fingerprint density at radius 3 is 2.67 bits per heavy atom. The number of likely N-dealkylation sites (tertiary alicyclic amines) is 1. The number of fused-ring (bicyclic) bond motifs is 2. The fraction of sp³-hybridized carbons (Fsp3) is 0.556. The quantitative estimate of drug-likeness (QED) is 0.780. The number of carbonyl (C=O) groups is 2. The maximum Gasteiger partial charge on any atom is 0.313 e. The van der Waals surface area contributed by atoms with Crippen LogP contribution >= 0.6 is 11.6 Å². The van der Waals surface area contributed by atoms with Crippen molar-refractivity contribution in [1.29, 1.82) is 0 Å². The van der Waals surface area contributed by atoms with Gasteiger partial charge in [0.15, 0.2) is 0 Å². The highest BCUT2D eigenvalue weighted by molar-refractivity contribution is 6.40. The number of halogens is 2. The molecule has 1 aliphatic heterocycles. The van der Waals surface area contributed by atoms with Crippen LogP contribution in [0.1, 0.15) is 40.0 Å². The molecule has 0 radical (unpaired) electrons. The molecule has 1 aromatic carbocycles. The van der Waals surface area contributed by atoms with Crippen LogP contribution in [0.4, 0.5) is 10.1 Å². The third kappa shape index (κ3) is 3.27. The number of amides is 2. The van der Waals surface area contributed by atoms with E-state index < -0.39 is 17.6 Å². The van der Waals surface area contributed by atoms with Crippen molar-refractivity contribution >= 4 is 29.1 Å². The molecule has 2 unspecified atom stereocenters. The molecule has 1 aliphatic carbocycles. The second-order valence-corrected chi connectivity index (χ2v) is 8.64. The predicted octanol–water partition coefficient (Wildman–Crippen LogP) is 3.84. The second kappa shape index (κ2) is 5.73. The van der Waals surface area contributed by atoms with Crippen LogP contribution in [0.15, 0.2) is 18.2 Å². The number of nitrogens with zero attached hydrogens (tertiary/aromatic N) is 1. The molecule has 3 rings (SSSR count). The average Bonchev–Trinajstić information content (AvgIpc) is 2.71. The van der Waals surface area contributed by atoms with Gasteiger partial charge in [0.25, 0.3) is 0 Å². The third-order valence-electron chi connectivity index (χ3n) is 5.05. The largest absolute Gasteiger partial charge is 0.331 e. The lowest BCUT2D eigenvalue weighted by Crippen LogP contribution is -2.43. The van der Waals surface area contributed by atoms with Gasteiger partial charge in [0, 0.05) is 18.3 Å². The highest BCUT2D eigenvalue weighted by Gasteiger charge is 2.51. The summed E-state index contributed by atoms with van der Waals surface area (Å²) in [5, 5.41) is 2.43. The minimum absolute atomic E-state index is 0.0710. The van der Waals surface area contributed by atoms with Gasteiger partial charge in [0.05, 0.1) is 5.02 Å². The molecule has 0 spiro atoms. The molecule has 2 bridgehead atoms. The highest BCUT2D eigenvalue weighted by atomic mass is 35.5. The van der Waals surface area contributed by atoms with E-state index in [1.807, 2.05) is 0 Å². The first kappa shape index (κ1) is 17.2. The summed E-state index contributed by atoms with van der Waals surface area (Å²) in [5.74, 6) is -1.79. The zero-order valence-corrected chi connectivity index (χ0v) is 14.9. The number of benzene rings is 1. The summed E-state index contributed by atoms with van der Waals surface area (Å²) in [7, 11) is 0. The molecule has 2 amide bonds. The van der Waals surface area contributed by atoms with Crippen LogP contribution in [0.3, 0.4) is 0 Å². The molecule has 0 aromatic heterocycles. The summed E-state index contributed by atoms with van der Waals surface area (Å²) in [6.07, 6.45) is 2.90. The summed E-state index contributed by atoms with van der Waals surface area (Å²) >= 11 is 5.70. The average molecular weight is 353 g/mol. The Morgan fingerprint density at radius 2 is 2.00 bits per heavy atom.